The van der Waals surface area contributed by atoms with Gasteiger partial charge in [-0.05, 0) is 67.5 Å². The van der Waals surface area contributed by atoms with E-state index in [0.29, 0.717) is 17.9 Å². The van der Waals surface area contributed by atoms with Crippen LogP contribution in [0.2, 0.25) is 18.1 Å². The van der Waals surface area contributed by atoms with Crippen LogP contribution in [0.25, 0.3) is 0 Å². The maximum absolute atomic E-state index is 11.2. The average molecular weight is 433 g/mol. The molecule has 0 N–H and O–H groups in total. The molecular weight excluding hydrogens is 388 g/mol. The highest BCUT2D eigenvalue weighted by Crippen LogP contribution is 2.55. The quantitative estimate of drug-likeness (QED) is 0.140. The zero-order valence-electron chi connectivity index (χ0n) is 20.6. The lowest BCUT2D eigenvalue weighted by Crippen LogP contribution is -2.51. The molecule has 30 heavy (non-hydrogen) atoms. The molecule has 1 saturated carbocycles. The first kappa shape index (κ1) is 25.1. The van der Waals surface area contributed by atoms with Crippen molar-refractivity contribution in [3.63, 3.8) is 0 Å². The van der Waals surface area contributed by atoms with Crippen molar-refractivity contribution in [2.45, 2.75) is 97.4 Å². The lowest BCUT2D eigenvalue weighted by atomic mass is 9.56. The number of methoxy groups -OCH3 is 1. The summed E-state index contributed by atoms with van der Waals surface area (Å²) in [5.41, 5.74) is 1.88. The number of carbonyl (C=O) groups excluding carboxylic acids is 1. The van der Waals surface area contributed by atoms with Gasteiger partial charge < -0.3 is 9.16 Å². The Kier molecular flexibility index (Phi) is 8.37. The number of hydrogen-bond acceptors (Lipinski definition) is 3. The van der Waals surface area contributed by atoms with Crippen LogP contribution in [0.3, 0.4) is 0 Å². The van der Waals surface area contributed by atoms with Crippen LogP contribution in [0.4, 0.5) is 0 Å². The van der Waals surface area contributed by atoms with Gasteiger partial charge in [0.15, 0.2) is 8.32 Å². The van der Waals surface area contributed by atoms with E-state index < -0.39 is 8.32 Å². The van der Waals surface area contributed by atoms with Gasteiger partial charge in [0.1, 0.15) is 0 Å². The molecule has 4 heteroatoms. The van der Waals surface area contributed by atoms with Crippen molar-refractivity contribution in [1.29, 1.82) is 0 Å². The van der Waals surface area contributed by atoms with Crippen LogP contribution in [-0.4, -0.2) is 27.5 Å². The summed E-state index contributed by atoms with van der Waals surface area (Å²) in [6.07, 6.45) is 17.4. The molecule has 0 bridgehead atoms. The molecule has 1 fully saturated rings. The number of hydrogen-bond donors (Lipinski definition) is 0. The SMILES string of the molecule is COC(=O)C=CC=CCC(C)C1=CCC[C@H]2[C@@H](O[Si](C)(C)C(C)(C)C)CCC[C@]12C. The molecule has 3 nitrogen and oxygen atoms in total. The van der Waals surface area contributed by atoms with Gasteiger partial charge in [-0.1, -0.05) is 70.9 Å². The molecule has 2 aliphatic rings. The minimum atomic E-state index is -1.77. The highest BCUT2D eigenvalue weighted by Gasteiger charge is 2.49. The van der Waals surface area contributed by atoms with Crippen molar-refractivity contribution >= 4 is 14.3 Å². The van der Waals surface area contributed by atoms with Crippen molar-refractivity contribution < 1.29 is 14.0 Å². The summed E-state index contributed by atoms with van der Waals surface area (Å²) >= 11 is 0. The number of rotatable bonds is 7. The zero-order valence-corrected chi connectivity index (χ0v) is 21.6. The smallest absolute Gasteiger partial charge is 0.330 e. The van der Waals surface area contributed by atoms with E-state index in [4.69, 9.17) is 4.43 Å². The first-order chi connectivity index (χ1) is 13.9. The monoisotopic (exact) mass is 432 g/mol. The fourth-order valence-corrected chi connectivity index (χ4v) is 6.53. The van der Waals surface area contributed by atoms with E-state index in [0.717, 1.165) is 6.42 Å². The van der Waals surface area contributed by atoms with Gasteiger partial charge in [0.25, 0.3) is 0 Å². The maximum Gasteiger partial charge on any atom is 0.330 e. The van der Waals surface area contributed by atoms with Gasteiger partial charge in [0.05, 0.1) is 7.11 Å². The van der Waals surface area contributed by atoms with E-state index in [1.165, 1.54) is 45.3 Å². The molecular formula is C26H44O3Si. The molecule has 0 spiro atoms. The Morgan fingerprint density at radius 2 is 2.00 bits per heavy atom. The Labute approximate surface area is 186 Å². The molecule has 0 aromatic heterocycles. The minimum Gasteiger partial charge on any atom is -0.466 e. The molecule has 0 radical (unpaired) electrons. The van der Waals surface area contributed by atoms with Crippen LogP contribution in [0.5, 0.6) is 0 Å². The fraction of sp³-hybridized carbons (Fsp3) is 0.731. The Morgan fingerprint density at radius 1 is 1.30 bits per heavy atom. The molecule has 170 valence electrons. The number of allylic oxidation sites excluding steroid dienone is 5. The van der Waals surface area contributed by atoms with E-state index in [9.17, 15) is 4.79 Å². The summed E-state index contributed by atoms with van der Waals surface area (Å²) in [4.78, 5) is 11.2. The van der Waals surface area contributed by atoms with Crippen LogP contribution < -0.4 is 0 Å². The van der Waals surface area contributed by atoms with E-state index >= 15 is 0 Å². The predicted molar refractivity (Wildman–Crippen MR) is 129 cm³/mol. The molecule has 0 aromatic carbocycles. The van der Waals surface area contributed by atoms with Gasteiger partial charge in [-0.15, -0.1) is 0 Å². The van der Waals surface area contributed by atoms with E-state index in [2.05, 4.69) is 64.6 Å². The normalized spacial score (nSPS) is 29.0. The molecule has 1 unspecified atom stereocenters. The van der Waals surface area contributed by atoms with Crippen molar-refractivity contribution in [2.75, 3.05) is 7.11 Å². The van der Waals surface area contributed by atoms with Crippen LogP contribution in [0.1, 0.15) is 73.1 Å². The lowest BCUT2D eigenvalue weighted by molar-refractivity contribution is -0.134. The minimum absolute atomic E-state index is 0.249. The molecule has 2 rings (SSSR count). The van der Waals surface area contributed by atoms with Crippen LogP contribution >= 0.6 is 0 Å². The number of esters is 1. The molecule has 0 amide bonds. The third kappa shape index (κ3) is 5.76. The summed E-state index contributed by atoms with van der Waals surface area (Å²) in [5, 5.41) is 0.254. The van der Waals surface area contributed by atoms with Crippen molar-refractivity contribution in [3.05, 3.63) is 36.0 Å². The first-order valence-electron chi connectivity index (χ1n) is 11.7. The lowest BCUT2D eigenvalue weighted by Gasteiger charge is -2.53. The largest absolute Gasteiger partial charge is 0.466 e. The Hall–Kier alpha value is -1.13. The second kappa shape index (κ2) is 9.99. The average Bonchev–Trinajstić information content (AvgIpc) is 2.65. The third-order valence-corrected chi connectivity index (χ3v) is 12.4. The Morgan fingerprint density at radius 3 is 2.63 bits per heavy atom. The van der Waals surface area contributed by atoms with E-state index in [1.807, 2.05) is 6.08 Å². The second-order valence-corrected chi connectivity index (χ2v) is 15.8. The summed E-state index contributed by atoms with van der Waals surface area (Å²) < 4.78 is 11.6. The standard InChI is InChI=1S/C26H44O3Si/c1-20(14-10-9-11-18-24(27)28-6)21-15-12-16-22-23(17-13-19-26(21,22)5)29-30(7,8)25(2,3)4/h9-11,15,18,20,22-23H,12-14,16-17,19H2,1-8H3/t20?,22-,23-,26+/m0/s1. The van der Waals surface area contributed by atoms with Crippen LogP contribution in [-0.2, 0) is 14.0 Å². The van der Waals surface area contributed by atoms with Gasteiger partial charge in [-0.3, -0.25) is 0 Å². The molecule has 2 aliphatic carbocycles. The highest BCUT2D eigenvalue weighted by atomic mass is 28.4. The van der Waals surface area contributed by atoms with Gasteiger partial charge in [-0.25, -0.2) is 4.79 Å². The Balaban J connectivity index is 2.11. The van der Waals surface area contributed by atoms with E-state index in [1.54, 1.807) is 11.6 Å². The van der Waals surface area contributed by atoms with Gasteiger partial charge in [-0.2, -0.15) is 0 Å². The summed E-state index contributed by atoms with van der Waals surface area (Å²) in [5.74, 6) is 0.825. The van der Waals surface area contributed by atoms with Crippen molar-refractivity contribution in [2.24, 2.45) is 17.3 Å². The van der Waals surface area contributed by atoms with Crippen molar-refractivity contribution in [3.8, 4) is 0 Å². The first-order valence-corrected chi connectivity index (χ1v) is 14.6. The van der Waals surface area contributed by atoms with Crippen LogP contribution in [0, 0.1) is 17.3 Å². The highest BCUT2D eigenvalue weighted by molar-refractivity contribution is 6.74. The molecule has 0 heterocycles. The van der Waals surface area contributed by atoms with Crippen LogP contribution in [0.15, 0.2) is 36.0 Å². The maximum atomic E-state index is 11.2. The summed E-state index contributed by atoms with van der Waals surface area (Å²) in [7, 11) is -0.369. The zero-order chi connectivity index (χ0) is 22.6. The molecule has 0 aromatic rings. The molecule has 0 aliphatic heterocycles. The number of carbonyl (C=O) groups is 1. The summed E-state index contributed by atoms with van der Waals surface area (Å²) in [6, 6.07) is 0. The predicted octanol–water partition coefficient (Wildman–Crippen LogP) is 7.22. The molecule has 0 saturated heterocycles. The van der Waals surface area contributed by atoms with Gasteiger partial charge in [0.2, 0.25) is 0 Å². The summed E-state index contributed by atoms with van der Waals surface area (Å²) in [6.45, 7) is 16.7. The number of fused-ring (bicyclic) bond motifs is 1. The van der Waals surface area contributed by atoms with E-state index in [-0.39, 0.29) is 16.4 Å². The van der Waals surface area contributed by atoms with Gasteiger partial charge in [0, 0.05) is 12.2 Å². The third-order valence-electron chi connectivity index (χ3n) is 7.91. The van der Waals surface area contributed by atoms with Crippen molar-refractivity contribution in [1.82, 2.24) is 0 Å². The Bertz CT molecular complexity index is 683. The second-order valence-electron chi connectivity index (χ2n) is 11.0. The topological polar surface area (TPSA) is 35.5 Å². The van der Waals surface area contributed by atoms with Gasteiger partial charge >= 0.3 is 5.97 Å². The molecule has 4 atom stereocenters. The number of ether oxygens (including phenoxy) is 1. The fourth-order valence-electron chi connectivity index (χ4n) is 5.13.